The number of rotatable bonds is 5. The van der Waals surface area contributed by atoms with E-state index < -0.39 is 5.97 Å². The van der Waals surface area contributed by atoms with Crippen LogP contribution in [0, 0.1) is 6.92 Å². The fourth-order valence-corrected chi connectivity index (χ4v) is 1.30. The lowest BCUT2D eigenvalue weighted by Crippen LogP contribution is -2.37. The van der Waals surface area contributed by atoms with E-state index in [2.05, 4.69) is 26.1 Å². The van der Waals surface area contributed by atoms with Gasteiger partial charge in [-0.15, -0.1) is 0 Å². The van der Waals surface area contributed by atoms with Gasteiger partial charge in [0, 0.05) is 11.1 Å². The first kappa shape index (κ1) is 12.8. The molecule has 0 bridgehead atoms. The molecule has 1 heterocycles. The Morgan fingerprint density at radius 3 is 2.62 bits per heavy atom. The summed E-state index contributed by atoms with van der Waals surface area (Å²) in [4.78, 5) is 10.8. The molecule has 2 N–H and O–H groups in total. The summed E-state index contributed by atoms with van der Waals surface area (Å²) in [5.41, 5.74) is 0.697. The van der Waals surface area contributed by atoms with Crippen LogP contribution in [-0.2, 0) is 6.54 Å². The van der Waals surface area contributed by atoms with Crippen molar-refractivity contribution < 1.29 is 14.3 Å². The van der Waals surface area contributed by atoms with Gasteiger partial charge in [0.25, 0.3) is 0 Å². The molecule has 90 valence electrons. The van der Waals surface area contributed by atoms with E-state index in [4.69, 9.17) is 9.52 Å². The van der Waals surface area contributed by atoms with E-state index in [9.17, 15) is 4.79 Å². The van der Waals surface area contributed by atoms with Crippen LogP contribution in [-0.4, -0.2) is 16.6 Å². The number of carboxylic acid groups (broad SMARTS) is 1. The van der Waals surface area contributed by atoms with E-state index in [-0.39, 0.29) is 11.3 Å². The summed E-state index contributed by atoms with van der Waals surface area (Å²) >= 11 is 0. The van der Waals surface area contributed by atoms with E-state index in [0.717, 1.165) is 6.42 Å². The number of hydrogen-bond acceptors (Lipinski definition) is 3. The van der Waals surface area contributed by atoms with E-state index in [1.54, 1.807) is 13.0 Å². The molecule has 1 rings (SSSR count). The fourth-order valence-electron chi connectivity index (χ4n) is 1.30. The Kier molecular flexibility index (Phi) is 3.75. The minimum absolute atomic E-state index is 0.0318. The SMILES string of the molecule is CCC(C)(C)NCc1cc(C)c(C(=O)O)o1. The van der Waals surface area contributed by atoms with Gasteiger partial charge in [-0.25, -0.2) is 4.79 Å². The summed E-state index contributed by atoms with van der Waals surface area (Å²) < 4.78 is 5.25. The molecular weight excluding hydrogens is 206 g/mol. The summed E-state index contributed by atoms with van der Waals surface area (Å²) in [6, 6.07) is 1.77. The van der Waals surface area contributed by atoms with Gasteiger partial charge in [0.1, 0.15) is 5.76 Å². The van der Waals surface area contributed by atoms with Crippen LogP contribution in [0.25, 0.3) is 0 Å². The molecule has 0 aliphatic rings. The summed E-state index contributed by atoms with van der Waals surface area (Å²) in [7, 11) is 0. The average molecular weight is 225 g/mol. The van der Waals surface area contributed by atoms with E-state index in [1.165, 1.54) is 0 Å². The number of aromatic carboxylic acids is 1. The molecule has 0 atom stereocenters. The highest BCUT2D eigenvalue weighted by Gasteiger charge is 2.17. The molecule has 0 amide bonds. The second-order valence-electron chi connectivity index (χ2n) is 4.62. The normalized spacial score (nSPS) is 11.8. The van der Waals surface area contributed by atoms with Crippen molar-refractivity contribution in [3.05, 3.63) is 23.2 Å². The van der Waals surface area contributed by atoms with Gasteiger partial charge in [-0.2, -0.15) is 0 Å². The molecule has 0 radical (unpaired) electrons. The van der Waals surface area contributed by atoms with E-state index >= 15 is 0 Å². The van der Waals surface area contributed by atoms with Gasteiger partial charge in [0.2, 0.25) is 5.76 Å². The quantitative estimate of drug-likeness (QED) is 0.808. The van der Waals surface area contributed by atoms with Crippen molar-refractivity contribution in [1.82, 2.24) is 5.32 Å². The number of nitrogens with one attached hydrogen (secondary N) is 1. The predicted molar refractivity (Wildman–Crippen MR) is 61.6 cm³/mol. The molecular formula is C12H19NO3. The minimum Gasteiger partial charge on any atom is -0.475 e. The number of carbonyl (C=O) groups is 1. The Morgan fingerprint density at radius 2 is 2.19 bits per heavy atom. The highest BCUT2D eigenvalue weighted by molar-refractivity contribution is 5.86. The fraction of sp³-hybridized carbons (Fsp3) is 0.583. The molecule has 4 heteroatoms. The first-order valence-electron chi connectivity index (χ1n) is 5.43. The Bertz CT molecular complexity index is 380. The molecule has 0 fully saturated rings. The Balaban J connectivity index is 2.69. The Labute approximate surface area is 95.7 Å². The van der Waals surface area contributed by atoms with Crippen LogP contribution in [0.5, 0.6) is 0 Å². The van der Waals surface area contributed by atoms with Crippen molar-refractivity contribution in [2.45, 2.75) is 46.2 Å². The lowest BCUT2D eigenvalue weighted by Gasteiger charge is -2.23. The van der Waals surface area contributed by atoms with Crippen LogP contribution in [0.2, 0.25) is 0 Å². The smallest absolute Gasteiger partial charge is 0.372 e. The van der Waals surface area contributed by atoms with Crippen LogP contribution in [0.3, 0.4) is 0 Å². The Hall–Kier alpha value is -1.29. The first-order valence-corrected chi connectivity index (χ1v) is 5.43. The van der Waals surface area contributed by atoms with Crippen LogP contribution in [0.1, 0.15) is 49.1 Å². The summed E-state index contributed by atoms with van der Waals surface area (Å²) in [6.45, 7) is 8.58. The van der Waals surface area contributed by atoms with Crippen molar-refractivity contribution in [3.63, 3.8) is 0 Å². The zero-order valence-electron chi connectivity index (χ0n) is 10.3. The lowest BCUT2D eigenvalue weighted by atomic mass is 10.0. The average Bonchev–Trinajstić information content (AvgIpc) is 2.57. The number of aryl methyl sites for hydroxylation is 1. The van der Waals surface area contributed by atoms with Gasteiger partial charge >= 0.3 is 5.97 Å². The van der Waals surface area contributed by atoms with E-state index in [0.29, 0.717) is 17.9 Å². The van der Waals surface area contributed by atoms with Crippen LogP contribution >= 0.6 is 0 Å². The first-order chi connectivity index (χ1) is 7.35. The third kappa shape index (κ3) is 3.10. The molecule has 0 saturated carbocycles. The molecule has 1 aromatic rings. The maximum Gasteiger partial charge on any atom is 0.372 e. The van der Waals surface area contributed by atoms with Crippen molar-refractivity contribution in [1.29, 1.82) is 0 Å². The van der Waals surface area contributed by atoms with Crippen LogP contribution in [0.4, 0.5) is 0 Å². The van der Waals surface area contributed by atoms with Crippen LogP contribution < -0.4 is 5.32 Å². The van der Waals surface area contributed by atoms with Gasteiger partial charge < -0.3 is 14.8 Å². The monoisotopic (exact) mass is 225 g/mol. The molecule has 16 heavy (non-hydrogen) atoms. The standard InChI is InChI=1S/C12H19NO3/c1-5-12(3,4)13-7-9-6-8(2)10(16-9)11(14)15/h6,13H,5,7H2,1-4H3,(H,14,15). The van der Waals surface area contributed by atoms with Crippen molar-refractivity contribution in [2.75, 3.05) is 0 Å². The number of carboxylic acids is 1. The third-order valence-electron chi connectivity index (χ3n) is 2.79. The maximum atomic E-state index is 10.8. The molecule has 0 aliphatic carbocycles. The van der Waals surface area contributed by atoms with Gasteiger partial charge in [0.15, 0.2) is 0 Å². The van der Waals surface area contributed by atoms with Gasteiger partial charge in [-0.05, 0) is 33.3 Å². The topological polar surface area (TPSA) is 62.5 Å². The van der Waals surface area contributed by atoms with Crippen LogP contribution in [0.15, 0.2) is 10.5 Å². The Morgan fingerprint density at radius 1 is 1.56 bits per heavy atom. The van der Waals surface area contributed by atoms with Gasteiger partial charge in [-0.3, -0.25) is 0 Å². The molecule has 0 aliphatic heterocycles. The molecule has 0 spiro atoms. The zero-order chi connectivity index (χ0) is 12.3. The highest BCUT2D eigenvalue weighted by Crippen LogP contribution is 2.16. The van der Waals surface area contributed by atoms with E-state index in [1.807, 2.05) is 0 Å². The molecule has 0 saturated heterocycles. The summed E-state index contributed by atoms with van der Waals surface area (Å²) in [6.07, 6.45) is 0.998. The zero-order valence-corrected chi connectivity index (χ0v) is 10.3. The van der Waals surface area contributed by atoms with Gasteiger partial charge in [-0.1, -0.05) is 6.92 Å². The minimum atomic E-state index is -1.02. The molecule has 1 aromatic heterocycles. The number of hydrogen-bond donors (Lipinski definition) is 2. The molecule has 0 unspecified atom stereocenters. The third-order valence-corrected chi connectivity index (χ3v) is 2.79. The largest absolute Gasteiger partial charge is 0.475 e. The molecule has 0 aromatic carbocycles. The van der Waals surface area contributed by atoms with Crippen molar-refractivity contribution in [2.24, 2.45) is 0 Å². The number of furan rings is 1. The van der Waals surface area contributed by atoms with Gasteiger partial charge in [0.05, 0.1) is 6.54 Å². The lowest BCUT2D eigenvalue weighted by molar-refractivity contribution is 0.0659. The maximum absolute atomic E-state index is 10.8. The summed E-state index contributed by atoms with van der Waals surface area (Å²) in [5.74, 6) is -0.318. The van der Waals surface area contributed by atoms with Crippen molar-refractivity contribution >= 4 is 5.97 Å². The van der Waals surface area contributed by atoms with Crippen molar-refractivity contribution in [3.8, 4) is 0 Å². The second kappa shape index (κ2) is 4.70. The second-order valence-corrected chi connectivity index (χ2v) is 4.62. The predicted octanol–water partition coefficient (Wildman–Crippen LogP) is 2.56. The highest BCUT2D eigenvalue weighted by atomic mass is 16.4. The summed E-state index contributed by atoms with van der Waals surface area (Å²) in [5, 5.41) is 12.2. The molecule has 4 nitrogen and oxygen atoms in total.